The van der Waals surface area contributed by atoms with E-state index in [1.165, 1.54) is 19.9 Å². The van der Waals surface area contributed by atoms with E-state index in [0.29, 0.717) is 73.1 Å². The zero-order chi connectivity index (χ0) is 87.6. The molecule has 1 saturated heterocycles. The standard InChI is InChI=1S/C16H15NO2.C15H15N3O2.C15H14N2O2.C14H12N2O3.C14H12N2O.2C12H10N2O2/c1-11-9-13(7-8-18)15-14(19-11)10-17-16(15)12-5-3-2-4-6-12;19-15(18-7-3-4-8-18)14-11-9-20-12-6-2-1-5-10(12)13(11)16-17-14;1-9-7-10(2)19-15-13(9)14(16-17-15)12-5-3-11(8-18)4-6-12;1-8-6-11(18)19-14-12(8)13(15-16-14)10-4-2-9(7-17)3-5-10;1-9-8-10(2)17-14-12(9)13(15-16-14)11-6-4-3-5-7-11;2*1-7(15)11-9-6-16-10-5-3-2-4-8(10)12(9)14-13-11/h2-6,9,18H,1,7-8,10H2;1-2,5-6H,3-4,7-9H2,(H,16,17);3-7,18H,8H2,1-2H3;2-6,17H,7H2,1H3,(H,15,16);3-8H,1-2H3;2*2-5H,6H2,1H3,(H,13,14). The number of nitrogens with one attached hydrogen (secondary N) is 4. The van der Waals surface area contributed by atoms with E-state index < -0.39 is 5.63 Å². The fourth-order valence-electron chi connectivity index (χ4n) is 15.8. The summed E-state index contributed by atoms with van der Waals surface area (Å²) < 4.78 is 38.8. The molecule has 15 heterocycles. The molecule has 0 atom stereocenters. The lowest BCUT2D eigenvalue weighted by atomic mass is 9.92. The summed E-state index contributed by atoms with van der Waals surface area (Å²) >= 11 is 0. The van der Waals surface area contributed by atoms with Gasteiger partial charge in [0, 0.05) is 101 Å². The molecule has 10 aliphatic heterocycles. The third-order valence-corrected chi connectivity index (χ3v) is 21.8. The van der Waals surface area contributed by atoms with Crippen LogP contribution in [0.5, 0.6) is 17.2 Å². The molecular weight excluding hydrogens is 1600 g/mol. The van der Waals surface area contributed by atoms with Gasteiger partial charge in [0.05, 0.1) is 47.7 Å². The number of aromatic nitrogens is 12. The quantitative estimate of drug-likeness (QED) is 0.0591. The lowest BCUT2D eigenvalue weighted by Crippen LogP contribution is -2.29. The monoisotopic (exact) mass is 1680 g/mol. The predicted octanol–water partition coefficient (Wildman–Crippen LogP) is 17.5. The van der Waals surface area contributed by atoms with Crippen molar-refractivity contribution in [1.82, 2.24) is 66.1 Å². The number of hydrogen-bond donors (Lipinski definition) is 7. The van der Waals surface area contributed by atoms with Crippen LogP contribution in [0, 0.1) is 34.6 Å². The number of allylic oxidation sites excluding steroid dienone is 2. The van der Waals surface area contributed by atoms with Crippen LogP contribution in [-0.2, 0) is 37.8 Å². The summed E-state index contributed by atoms with van der Waals surface area (Å²) in [5.74, 6) is 6.79. The molecule has 7 N–H and O–H groups in total. The maximum atomic E-state index is 12.5. The number of Topliss-reactive ketones (excluding diaryl/α,β-unsaturated/α-hetero) is 2. The highest BCUT2D eigenvalue weighted by Gasteiger charge is 2.33. The van der Waals surface area contributed by atoms with Gasteiger partial charge in [-0.25, -0.2) is 4.79 Å². The summed E-state index contributed by atoms with van der Waals surface area (Å²) in [7, 11) is 0. The Balaban J connectivity index is 0.000000108. The summed E-state index contributed by atoms with van der Waals surface area (Å²) in [5, 5.41) is 72.8. The SMILES string of the molecule is C=C1C=C(CCO)C2=C(CN=C2c2ccccc2)O1.CC(=O)c1[nH]nc2c1COc1ccccc1-2.CC(=O)c1[nH]nc2c1COc1ccccc1-2.Cc1cc(=O)oc2n[nH]c(-c3ccc(CO)cc3)c12.Cc1cc(C)c2c(-c3ccc(CO)cc3)nnc-2o1.Cc1cc(C)c2c(-c3ccccc3)nnc-2o1.O=C(c1[nH]nc2c1COc1ccccc1-2)N1CCCC1. The molecule has 634 valence electrons. The smallest absolute Gasteiger partial charge is 0.337 e. The second-order valence-electron chi connectivity index (χ2n) is 30.4. The van der Waals surface area contributed by atoms with Gasteiger partial charge in [-0.15, -0.1) is 25.5 Å². The largest absolute Gasteiger partial charge is 0.488 e. The molecule has 22 rings (SSSR count). The minimum Gasteiger partial charge on any atom is -0.488 e. The van der Waals surface area contributed by atoms with Gasteiger partial charge in [-0.2, -0.15) is 15.3 Å². The van der Waals surface area contributed by atoms with E-state index >= 15 is 0 Å². The van der Waals surface area contributed by atoms with Crippen LogP contribution in [0.1, 0.15) is 126 Å². The maximum absolute atomic E-state index is 12.5. The first-order chi connectivity index (χ1) is 61.3. The summed E-state index contributed by atoms with van der Waals surface area (Å²) in [5.41, 5.74) is 25.8. The van der Waals surface area contributed by atoms with Gasteiger partial charge in [0.2, 0.25) is 17.5 Å². The molecular formula is C98H88N14O14. The Morgan fingerprint density at radius 3 is 1.40 bits per heavy atom. The maximum Gasteiger partial charge on any atom is 0.337 e. The molecule has 28 heteroatoms. The number of aliphatic hydroxyl groups excluding tert-OH is 3. The topological polar surface area (TPSA) is 387 Å². The number of carbonyl (C=O) groups is 3. The molecule has 0 radical (unpaired) electrons. The molecule has 28 nitrogen and oxygen atoms in total. The highest BCUT2D eigenvalue weighted by molar-refractivity contribution is 6.17. The van der Waals surface area contributed by atoms with E-state index in [9.17, 15) is 24.3 Å². The number of benzene rings is 7. The van der Waals surface area contributed by atoms with Gasteiger partial charge >= 0.3 is 5.63 Å². The van der Waals surface area contributed by atoms with Gasteiger partial charge in [0.25, 0.3) is 5.91 Å². The molecule has 1 fully saturated rings. The highest BCUT2D eigenvalue weighted by Crippen LogP contribution is 2.43. The van der Waals surface area contributed by atoms with Crippen molar-refractivity contribution in [3.05, 3.63) is 325 Å². The Labute approximate surface area is 722 Å². The van der Waals surface area contributed by atoms with Crippen molar-refractivity contribution < 1.29 is 61.9 Å². The number of ketones is 2. The Morgan fingerprint density at radius 1 is 0.476 bits per heavy atom. The van der Waals surface area contributed by atoms with Gasteiger partial charge in [0.15, 0.2) is 11.6 Å². The number of nitrogens with zero attached hydrogens (tertiary/aromatic N) is 10. The van der Waals surface area contributed by atoms with Gasteiger partial charge in [-0.1, -0.05) is 152 Å². The molecule has 126 heavy (non-hydrogen) atoms. The van der Waals surface area contributed by atoms with Crippen LogP contribution < -0.4 is 19.8 Å². The Morgan fingerprint density at radius 2 is 0.921 bits per heavy atom. The van der Waals surface area contributed by atoms with Crippen LogP contribution in [-0.4, -0.2) is 131 Å². The van der Waals surface area contributed by atoms with Crippen molar-refractivity contribution in [2.75, 3.05) is 26.2 Å². The number of aliphatic hydroxyl groups is 3. The van der Waals surface area contributed by atoms with Gasteiger partial charge in [-0.05, 0) is 142 Å². The molecule has 0 bridgehead atoms. The third kappa shape index (κ3) is 17.8. The molecule has 12 aromatic rings. The van der Waals surface area contributed by atoms with Crippen molar-refractivity contribution >= 4 is 34.3 Å². The number of ether oxygens (including phenoxy) is 4. The van der Waals surface area contributed by atoms with E-state index in [1.54, 1.807) is 0 Å². The van der Waals surface area contributed by atoms with Crippen molar-refractivity contribution in [1.29, 1.82) is 0 Å². The number of hydrogen-bond acceptors (Lipinski definition) is 23. The van der Waals surface area contributed by atoms with Crippen LogP contribution in [0.15, 0.2) is 259 Å². The number of aromatic amines is 4. The number of aryl methyl sites for hydroxylation is 5. The van der Waals surface area contributed by atoms with Crippen LogP contribution in [0.3, 0.4) is 0 Å². The number of para-hydroxylation sites is 3. The number of H-pyrrole nitrogens is 4. The number of likely N-dealkylation sites (tertiary alicyclic amines) is 1. The summed E-state index contributed by atoms with van der Waals surface area (Å²) in [6.07, 6.45) is 4.65. The first-order valence-corrected chi connectivity index (χ1v) is 40.9. The second-order valence-corrected chi connectivity index (χ2v) is 30.4. The average Bonchev–Trinajstić information content (AvgIpc) is 1.57. The number of carbonyl (C=O) groups excluding carboxylic acids is 3. The van der Waals surface area contributed by atoms with Crippen LogP contribution in [0.25, 0.3) is 102 Å². The molecule has 0 spiro atoms. The van der Waals surface area contributed by atoms with Gasteiger partial charge < -0.3 is 52.4 Å². The van der Waals surface area contributed by atoms with Crippen LogP contribution in [0.4, 0.5) is 0 Å². The fourth-order valence-corrected chi connectivity index (χ4v) is 15.8. The fraction of sp³-hybridized carbons (Fsp3) is 0.194. The predicted molar refractivity (Wildman–Crippen MR) is 473 cm³/mol. The summed E-state index contributed by atoms with van der Waals surface area (Å²) in [6.45, 7) is 20.2. The average molecular weight is 1690 g/mol. The molecule has 0 saturated carbocycles. The zero-order valence-corrected chi connectivity index (χ0v) is 70.1. The summed E-state index contributed by atoms with van der Waals surface area (Å²) in [6, 6.07) is 63.8. The molecule has 0 aliphatic carbocycles. The minimum absolute atomic E-state index is 0.0118. The lowest BCUT2D eigenvalue weighted by Gasteiger charge is -2.19. The van der Waals surface area contributed by atoms with E-state index in [0.717, 1.165) is 211 Å². The van der Waals surface area contributed by atoms with Crippen molar-refractivity contribution in [2.24, 2.45) is 4.99 Å². The van der Waals surface area contributed by atoms with Gasteiger partial charge in [-0.3, -0.25) is 39.8 Å². The first-order valence-electron chi connectivity index (χ1n) is 40.9. The molecule has 1 amide bonds. The third-order valence-electron chi connectivity index (χ3n) is 21.8. The number of aliphatic imine (C=N–C) groups is 1. The van der Waals surface area contributed by atoms with E-state index in [4.69, 9.17) is 42.4 Å². The van der Waals surface area contributed by atoms with Crippen LogP contribution in [0.2, 0.25) is 0 Å². The molecule has 7 aromatic carbocycles. The summed E-state index contributed by atoms with van der Waals surface area (Å²) in [4.78, 5) is 53.0. The Hall–Kier alpha value is -15.4. The molecule has 5 aromatic heterocycles. The number of rotatable bonds is 11. The van der Waals surface area contributed by atoms with Crippen molar-refractivity contribution in [3.63, 3.8) is 0 Å². The number of amides is 1. The molecule has 10 aliphatic rings. The van der Waals surface area contributed by atoms with Crippen molar-refractivity contribution in [3.8, 4) is 108 Å². The zero-order valence-electron chi connectivity index (χ0n) is 70.1. The van der Waals surface area contributed by atoms with Gasteiger partial charge in [0.1, 0.15) is 106 Å². The van der Waals surface area contributed by atoms with E-state index in [1.807, 2.05) is 233 Å². The normalized spacial score (nSPS) is 13.3. The van der Waals surface area contributed by atoms with Crippen molar-refractivity contribution in [2.45, 2.75) is 101 Å². The van der Waals surface area contributed by atoms with E-state index in [2.05, 4.69) is 79.7 Å². The first kappa shape index (κ1) is 84.2. The minimum atomic E-state index is -0.404. The Kier molecular flexibility index (Phi) is 25.1. The van der Waals surface area contributed by atoms with Crippen LogP contribution >= 0.6 is 0 Å². The Bertz CT molecular complexity index is 6700. The number of fused-ring (bicyclic) bond motifs is 12. The lowest BCUT2D eigenvalue weighted by molar-refractivity contribution is 0.0783. The second kappa shape index (κ2) is 37.5. The molecule has 0 unspecified atom stereocenters. The highest BCUT2D eigenvalue weighted by atomic mass is 16.5. The van der Waals surface area contributed by atoms with E-state index in [-0.39, 0.29) is 37.3 Å².